The van der Waals surface area contributed by atoms with E-state index in [-0.39, 0.29) is 0 Å². The van der Waals surface area contributed by atoms with Gasteiger partial charge in [0.25, 0.3) is 0 Å². The molecule has 0 spiro atoms. The summed E-state index contributed by atoms with van der Waals surface area (Å²) in [5.74, 6) is 0.479. The third-order valence-electron chi connectivity index (χ3n) is 3.71. The Morgan fingerprint density at radius 1 is 0.941 bits per heavy atom. The van der Waals surface area contributed by atoms with Crippen molar-refractivity contribution in [2.24, 2.45) is 0 Å². The van der Waals surface area contributed by atoms with Crippen molar-refractivity contribution < 1.29 is 4.79 Å². The Bertz CT molecular complexity index is 197. The van der Waals surface area contributed by atoms with Gasteiger partial charge in [0.15, 0.2) is 0 Å². The first-order valence-electron chi connectivity index (χ1n) is 7.57. The molecule has 0 radical (unpaired) electrons. The van der Waals surface area contributed by atoms with Gasteiger partial charge in [-0.3, -0.25) is 4.79 Å². The van der Waals surface area contributed by atoms with Gasteiger partial charge in [-0.05, 0) is 32.4 Å². The second kappa shape index (κ2) is 9.64. The van der Waals surface area contributed by atoms with Crippen molar-refractivity contribution >= 4 is 5.78 Å². The van der Waals surface area contributed by atoms with Crippen molar-refractivity contribution in [3.05, 3.63) is 0 Å². The van der Waals surface area contributed by atoms with Crippen LogP contribution in [0.1, 0.15) is 71.1 Å². The molecule has 0 amide bonds. The zero-order chi connectivity index (χ0) is 12.3. The average Bonchev–Trinajstić information content (AvgIpc) is 2.84. The quantitative estimate of drug-likeness (QED) is 0.541. The first-order chi connectivity index (χ1) is 8.33. The van der Waals surface area contributed by atoms with Gasteiger partial charge in [-0.15, -0.1) is 0 Å². The molecule has 1 rings (SSSR count). The molecule has 1 aliphatic heterocycles. The van der Waals surface area contributed by atoms with Gasteiger partial charge in [-0.2, -0.15) is 0 Å². The van der Waals surface area contributed by atoms with E-state index in [2.05, 4.69) is 11.8 Å². The van der Waals surface area contributed by atoms with E-state index >= 15 is 0 Å². The van der Waals surface area contributed by atoms with Crippen molar-refractivity contribution in [3.8, 4) is 0 Å². The molecule has 1 aliphatic rings. The number of likely N-dealkylation sites (tertiary alicyclic amines) is 1. The van der Waals surface area contributed by atoms with E-state index in [1.165, 1.54) is 58.0 Å². The number of carbonyl (C=O) groups excluding carboxylic acids is 1. The molecule has 1 heterocycles. The summed E-state index contributed by atoms with van der Waals surface area (Å²) in [5, 5.41) is 0. The third-order valence-corrected chi connectivity index (χ3v) is 3.71. The molecule has 0 aliphatic carbocycles. The number of hydrogen-bond donors (Lipinski definition) is 0. The highest BCUT2D eigenvalue weighted by atomic mass is 16.1. The number of carbonyl (C=O) groups is 1. The van der Waals surface area contributed by atoms with Gasteiger partial charge >= 0.3 is 0 Å². The highest BCUT2D eigenvalue weighted by molar-refractivity contribution is 5.78. The first kappa shape index (κ1) is 14.7. The van der Waals surface area contributed by atoms with Gasteiger partial charge in [0.1, 0.15) is 5.78 Å². The molecule has 0 aromatic heterocycles. The summed E-state index contributed by atoms with van der Waals surface area (Å²) in [5.41, 5.74) is 0. The van der Waals surface area contributed by atoms with Crippen molar-refractivity contribution in [2.75, 3.05) is 19.6 Å². The van der Waals surface area contributed by atoms with Crippen LogP contribution in [0.3, 0.4) is 0 Å². The molecule has 0 aromatic carbocycles. The van der Waals surface area contributed by atoms with Crippen LogP contribution in [0.2, 0.25) is 0 Å². The van der Waals surface area contributed by atoms with E-state index < -0.39 is 0 Å². The maximum absolute atomic E-state index is 11.7. The van der Waals surface area contributed by atoms with Crippen molar-refractivity contribution in [1.29, 1.82) is 0 Å². The van der Waals surface area contributed by atoms with Crippen LogP contribution >= 0.6 is 0 Å². The predicted octanol–water partition coefficient (Wildman–Crippen LogP) is 3.79. The van der Waals surface area contributed by atoms with Crippen LogP contribution in [0.15, 0.2) is 0 Å². The van der Waals surface area contributed by atoms with Crippen LogP contribution in [-0.2, 0) is 4.79 Å². The number of ketones is 1. The standard InChI is InChI=1S/C15H29NO/c1-2-3-4-5-6-7-10-15(17)11-14-16-12-8-9-13-16/h2-14H2,1H3. The van der Waals surface area contributed by atoms with E-state index in [4.69, 9.17) is 0 Å². The fourth-order valence-corrected chi connectivity index (χ4v) is 2.52. The molecule has 2 nitrogen and oxygen atoms in total. The molecule has 100 valence electrons. The Morgan fingerprint density at radius 2 is 1.59 bits per heavy atom. The highest BCUT2D eigenvalue weighted by Gasteiger charge is 2.12. The second-order valence-corrected chi connectivity index (χ2v) is 5.36. The van der Waals surface area contributed by atoms with Crippen LogP contribution in [0, 0.1) is 0 Å². The minimum absolute atomic E-state index is 0.479. The van der Waals surface area contributed by atoms with Crippen LogP contribution < -0.4 is 0 Å². The SMILES string of the molecule is CCCCCCCCC(=O)CCN1CCCC1. The Morgan fingerprint density at radius 3 is 2.29 bits per heavy atom. The van der Waals surface area contributed by atoms with Gasteiger partial charge < -0.3 is 4.90 Å². The summed E-state index contributed by atoms with van der Waals surface area (Å²) in [6, 6.07) is 0. The summed E-state index contributed by atoms with van der Waals surface area (Å²) < 4.78 is 0. The molecule has 0 bridgehead atoms. The molecule has 1 fully saturated rings. The number of hydrogen-bond acceptors (Lipinski definition) is 2. The van der Waals surface area contributed by atoms with Crippen LogP contribution in [0.25, 0.3) is 0 Å². The van der Waals surface area contributed by atoms with Crippen LogP contribution in [0.4, 0.5) is 0 Å². The molecular formula is C15H29NO. The zero-order valence-corrected chi connectivity index (χ0v) is 11.5. The number of unbranched alkanes of at least 4 members (excludes halogenated alkanes) is 5. The van der Waals surface area contributed by atoms with Gasteiger partial charge in [0.05, 0.1) is 0 Å². The highest BCUT2D eigenvalue weighted by Crippen LogP contribution is 2.10. The Kier molecular flexibility index (Phi) is 8.33. The molecule has 0 N–H and O–H groups in total. The molecule has 17 heavy (non-hydrogen) atoms. The number of nitrogens with zero attached hydrogens (tertiary/aromatic N) is 1. The van der Waals surface area contributed by atoms with Gasteiger partial charge in [-0.25, -0.2) is 0 Å². The normalized spacial score (nSPS) is 16.5. The van der Waals surface area contributed by atoms with Gasteiger partial charge in [0, 0.05) is 19.4 Å². The van der Waals surface area contributed by atoms with Crippen molar-refractivity contribution in [1.82, 2.24) is 4.90 Å². The van der Waals surface area contributed by atoms with E-state index in [1.807, 2.05) is 0 Å². The lowest BCUT2D eigenvalue weighted by Crippen LogP contribution is -2.22. The van der Waals surface area contributed by atoms with E-state index in [0.717, 1.165) is 25.8 Å². The monoisotopic (exact) mass is 239 g/mol. The molecule has 1 saturated heterocycles. The topological polar surface area (TPSA) is 20.3 Å². The summed E-state index contributed by atoms with van der Waals surface area (Å²) >= 11 is 0. The fourth-order valence-electron chi connectivity index (χ4n) is 2.52. The molecule has 0 aromatic rings. The second-order valence-electron chi connectivity index (χ2n) is 5.36. The van der Waals surface area contributed by atoms with Crippen LogP contribution in [0.5, 0.6) is 0 Å². The first-order valence-corrected chi connectivity index (χ1v) is 7.57. The van der Waals surface area contributed by atoms with Crippen molar-refractivity contribution in [3.63, 3.8) is 0 Å². The fraction of sp³-hybridized carbons (Fsp3) is 0.933. The number of rotatable bonds is 10. The Balaban J connectivity index is 1.87. The van der Waals surface area contributed by atoms with E-state index in [1.54, 1.807) is 0 Å². The largest absolute Gasteiger partial charge is 0.303 e. The molecular weight excluding hydrogens is 210 g/mol. The minimum atomic E-state index is 0.479. The summed E-state index contributed by atoms with van der Waals surface area (Å²) in [4.78, 5) is 14.1. The average molecular weight is 239 g/mol. The summed E-state index contributed by atoms with van der Waals surface area (Å²) in [6.45, 7) is 5.67. The molecule has 0 unspecified atom stereocenters. The minimum Gasteiger partial charge on any atom is -0.303 e. The van der Waals surface area contributed by atoms with Gasteiger partial charge in [-0.1, -0.05) is 39.0 Å². The lowest BCUT2D eigenvalue weighted by atomic mass is 10.1. The Labute approximate surface area is 107 Å². The van der Waals surface area contributed by atoms with E-state index in [0.29, 0.717) is 5.78 Å². The smallest absolute Gasteiger partial charge is 0.134 e. The van der Waals surface area contributed by atoms with Gasteiger partial charge in [0.2, 0.25) is 0 Å². The zero-order valence-electron chi connectivity index (χ0n) is 11.5. The predicted molar refractivity (Wildman–Crippen MR) is 73.3 cm³/mol. The lowest BCUT2D eigenvalue weighted by Gasteiger charge is -2.13. The summed E-state index contributed by atoms with van der Waals surface area (Å²) in [6.07, 6.45) is 11.9. The van der Waals surface area contributed by atoms with Crippen molar-refractivity contribution in [2.45, 2.75) is 71.1 Å². The van der Waals surface area contributed by atoms with E-state index in [9.17, 15) is 4.79 Å². The van der Waals surface area contributed by atoms with Crippen LogP contribution in [-0.4, -0.2) is 30.3 Å². The lowest BCUT2D eigenvalue weighted by molar-refractivity contribution is -0.119. The molecule has 0 atom stereocenters. The maximum atomic E-state index is 11.7. The molecule has 0 saturated carbocycles. The molecule has 2 heteroatoms. The maximum Gasteiger partial charge on any atom is 0.134 e. The Hall–Kier alpha value is -0.370. The summed E-state index contributed by atoms with van der Waals surface area (Å²) in [7, 11) is 0. The number of Topliss-reactive ketones (excluding diaryl/α,β-unsaturated/α-hetero) is 1. The third kappa shape index (κ3) is 7.54.